The molecule has 0 radical (unpaired) electrons. The Morgan fingerprint density at radius 2 is 1.73 bits per heavy atom. The van der Waals surface area contributed by atoms with E-state index in [0.29, 0.717) is 17.1 Å². The summed E-state index contributed by atoms with van der Waals surface area (Å²) in [5.41, 5.74) is 1.24. The number of carbonyl (C=O) groups is 2. The summed E-state index contributed by atoms with van der Waals surface area (Å²) >= 11 is 0. The van der Waals surface area contributed by atoms with E-state index in [2.05, 4.69) is 0 Å². The van der Waals surface area contributed by atoms with Crippen molar-refractivity contribution in [3.05, 3.63) is 108 Å². The van der Waals surface area contributed by atoms with E-state index in [1.165, 1.54) is 11.2 Å². The summed E-state index contributed by atoms with van der Waals surface area (Å²) in [4.78, 5) is 27.9. The molecule has 1 aliphatic rings. The molecule has 0 aliphatic carbocycles. The summed E-state index contributed by atoms with van der Waals surface area (Å²) in [6.45, 7) is 0.102. The Labute approximate surface area is 190 Å². The third-order valence-electron chi connectivity index (χ3n) is 5.93. The van der Waals surface area contributed by atoms with Crippen LogP contribution in [0.25, 0.3) is 16.5 Å². The lowest BCUT2D eigenvalue weighted by molar-refractivity contribution is -0.140. The van der Waals surface area contributed by atoms with Crippen LogP contribution >= 0.6 is 0 Å². The van der Waals surface area contributed by atoms with Gasteiger partial charge in [0.05, 0.1) is 31.5 Å². The maximum Gasteiger partial charge on any atom is 0.296 e. The number of fused-ring (bicyclic) bond motifs is 1. The van der Waals surface area contributed by atoms with Crippen LogP contribution in [0.2, 0.25) is 0 Å². The maximum absolute atomic E-state index is 13.2. The molecule has 5 rings (SSSR count). The van der Waals surface area contributed by atoms with E-state index in [1.54, 1.807) is 43.5 Å². The van der Waals surface area contributed by atoms with Crippen molar-refractivity contribution in [3.8, 4) is 5.75 Å². The molecule has 1 amide bonds. The highest BCUT2D eigenvalue weighted by Gasteiger charge is 2.46. The first-order valence-electron chi connectivity index (χ1n) is 10.5. The largest absolute Gasteiger partial charge is 0.507 e. The zero-order chi connectivity index (χ0) is 22.9. The molecule has 3 aromatic carbocycles. The number of nitrogens with zero attached hydrogens (tertiary/aromatic N) is 1. The van der Waals surface area contributed by atoms with Crippen LogP contribution in [0.3, 0.4) is 0 Å². The average molecular weight is 439 g/mol. The van der Waals surface area contributed by atoms with Gasteiger partial charge in [-0.05, 0) is 52.7 Å². The Bertz CT molecular complexity index is 1360. The maximum atomic E-state index is 13.2. The molecule has 33 heavy (non-hydrogen) atoms. The van der Waals surface area contributed by atoms with Crippen LogP contribution in [0.4, 0.5) is 0 Å². The predicted molar refractivity (Wildman–Crippen MR) is 123 cm³/mol. The number of Topliss-reactive ketones (excluding diaryl/α,β-unsaturated/α-hetero) is 1. The van der Waals surface area contributed by atoms with Gasteiger partial charge in [-0.1, -0.05) is 42.5 Å². The number of aliphatic hydroxyl groups is 1. The number of furan rings is 1. The number of benzene rings is 3. The highest BCUT2D eigenvalue weighted by Crippen LogP contribution is 2.42. The molecule has 1 aliphatic heterocycles. The lowest BCUT2D eigenvalue weighted by Crippen LogP contribution is -2.29. The number of hydrogen-bond donors (Lipinski definition) is 1. The molecular formula is C27H21NO5. The van der Waals surface area contributed by atoms with Gasteiger partial charge in [0.25, 0.3) is 11.7 Å². The molecular weight excluding hydrogens is 418 g/mol. The second-order valence-corrected chi connectivity index (χ2v) is 7.80. The molecule has 1 fully saturated rings. The van der Waals surface area contributed by atoms with Gasteiger partial charge in [0.15, 0.2) is 0 Å². The van der Waals surface area contributed by atoms with E-state index in [1.807, 2.05) is 42.5 Å². The van der Waals surface area contributed by atoms with Crippen LogP contribution in [0.5, 0.6) is 5.75 Å². The zero-order valence-electron chi connectivity index (χ0n) is 17.9. The van der Waals surface area contributed by atoms with Crippen molar-refractivity contribution in [2.24, 2.45) is 0 Å². The van der Waals surface area contributed by atoms with Crippen LogP contribution in [0.1, 0.15) is 22.9 Å². The minimum Gasteiger partial charge on any atom is -0.507 e. The van der Waals surface area contributed by atoms with Gasteiger partial charge in [0.1, 0.15) is 17.3 Å². The number of methoxy groups -OCH3 is 1. The van der Waals surface area contributed by atoms with E-state index in [4.69, 9.17) is 9.15 Å². The van der Waals surface area contributed by atoms with Gasteiger partial charge in [-0.25, -0.2) is 0 Å². The zero-order valence-corrected chi connectivity index (χ0v) is 17.9. The van der Waals surface area contributed by atoms with Crippen molar-refractivity contribution in [2.45, 2.75) is 12.6 Å². The lowest BCUT2D eigenvalue weighted by atomic mass is 9.91. The van der Waals surface area contributed by atoms with Crippen LogP contribution in [0.15, 0.2) is 95.1 Å². The standard InChI is InChI=1S/C27H21NO5/c1-32-19-13-11-18(12-14-19)25(29)23-24(22-10-4-7-17-6-2-3-9-21(17)22)28(27(31)26(23)30)16-20-8-5-15-33-20/h2-15,24,29H,16H2,1H3/b25-23-. The van der Waals surface area contributed by atoms with Gasteiger partial charge in [-0.15, -0.1) is 0 Å². The molecule has 2 heterocycles. The second-order valence-electron chi connectivity index (χ2n) is 7.80. The van der Waals surface area contributed by atoms with Gasteiger partial charge in [0.2, 0.25) is 0 Å². The summed E-state index contributed by atoms with van der Waals surface area (Å²) in [5, 5.41) is 13.1. The lowest BCUT2D eigenvalue weighted by Gasteiger charge is -2.25. The van der Waals surface area contributed by atoms with Crippen LogP contribution in [-0.2, 0) is 16.1 Å². The first-order valence-corrected chi connectivity index (χ1v) is 10.5. The molecule has 1 saturated heterocycles. The van der Waals surface area contributed by atoms with Gasteiger partial charge < -0.3 is 19.2 Å². The smallest absolute Gasteiger partial charge is 0.296 e. The molecule has 4 aromatic rings. The Hall–Kier alpha value is -4.32. The number of ether oxygens (including phenoxy) is 1. The van der Waals surface area contributed by atoms with Crippen LogP contribution in [-0.4, -0.2) is 28.8 Å². The Kier molecular flexibility index (Phi) is 5.18. The first kappa shape index (κ1) is 20.6. The van der Waals surface area contributed by atoms with Crippen molar-refractivity contribution in [3.63, 3.8) is 0 Å². The average Bonchev–Trinajstić information content (AvgIpc) is 3.46. The molecule has 0 bridgehead atoms. The Balaban J connectivity index is 1.72. The molecule has 1 atom stereocenters. The highest BCUT2D eigenvalue weighted by molar-refractivity contribution is 6.46. The summed E-state index contributed by atoms with van der Waals surface area (Å²) in [7, 11) is 1.55. The minimum absolute atomic E-state index is 0.0491. The number of ketones is 1. The normalized spacial score (nSPS) is 17.6. The van der Waals surface area contributed by atoms with Gasteiger partial charge in [-0.3, -0.25) is 9.59 Å². The van der Waals surface area contributed by atoms with E-state index in [-0.39, 0.29) is 17.9 Å². The molecule has 1 N–H and O–H groups in total. The van der Waals surface area contributed by atoms with Gasteiger partial charge >= 0.3 is 0 Å². The number of likely N-dealkylation sites (tertiary alicyclic amines) is 1. The quantitative estimate of drug-likeness (QED) is 0.267. The minimum atomic E-state index is -0.775. The molecule has 164 valence electrons. The van der Waals surface area contributed by atoms with E-state index in [0.717, 1.165) is 16.3 Å². The predicted octanol–water partition coefficient (Wildman–Crippen LogP) is 5.06. The summed E-state index contributed by atoms with van der Waals surface area (Å²) in [5.74, 6) is -0.468. The molecule has 1 unspecified atom stereocenters. The molecule has 0 spiro atoms. The highest BCUT2D eigenvalue weighted by atomic mass is 16.5. The van der Waals surface area contributed by atoms with Crippen LogP contribution in [0, 0.1) is 0 Å². The van der Waals surface area contributed by atoms with Gasteiger partial charge in [0, 0.05) is 5.56 Å². The van der Waals surface area contributed by atoms with Crippen LogP contribution < -0.4 is 4.74 Å². The fourth-order valence-corrected chi connectivity index (χ4v) is 4.33. The van der Waals surface area contributed by atoms with E-state index in [9.17, 15) is 14.7 Å². The van der Waals surface area contributed by atoms with Crippen molar-refractivity contribution < 1.29 is 23.8 Å². The van der Waals surface area contributed by atoms with E-state index >= 15 is 0 Å². The third kappa shape index (κ3) is 3.55. The first-order chi connectivity index (χ1) is 16.1. The number of aliphatic hydroxyl groups excluding tert-OH is 1. The van der Waals surface area contributed by atoms with Crippen molar-refractivity contribution in [1.29, 1.82) is 0 Å². The molecule has 0 saturated carbocycles. The summed E-state index contributed by atoms with van der Waals surface area (Å²) in [6, 6.07) is 22.9. The van der Waals surface area contributed by atoms with Crippen molar-refractivity contribution in [2.75, 3.05) is 7.11 Å². The van der Waals surface area contributed by atoms with Crippen molar-refractivity contribution in [1.82, 2.24) is 4.90 Å². The van der Waals surface area contributed by atoms with E-state index < -0.39 is 17.7 Å². The SMILES string of the molecule is COc1ccc(/C(O)=C2/C(=O)C(=O)N(Cc3ccco3)C2c2cccc3ccccc23)cc1. The third-order valence-corrected chi connectivity index (χ3v) is 5.93. The number of hydrogen-bond acceptors (Lipinski definition) is 5. The fourth-order valence-electron chi connectivity index (χ4n) is 4.33. The molecule has 1 aromatic heterocycles. The number of carbonyl (C=O) groups excluding carboxylic acids is 2. The van der Waals surface area contributed by atoms with Crippen molar-refractivity contribution >= 4 is 28.2 Å². The topological polar surface area (TPSA) is 80.0 Å². The monoisotopic (exact) mass is 439 g/mol. The molecule has 6 nitrogen and oxygen atoms in total. The second kappa shape index (κ2) is 8.31. The fraction of sp³-hybridized carbons (Fsp3) is 0.111. The Morgan fingerprint density at radius 3 is 2.45 bits per heavy atom. The number of amides is 1. The molecule has 6 heteroatoms. The number of rotatable bonds is 5. The Morgan fingerprint density at radius 1 is 0.970 bits per heavy atom. The van der Waals surface area contributed by atoms with Gasteiger partial charge in [-0.2, -0.15) is 0 Å². The summed E-state index contributed by atoms with van der Waals surface area (Å²) in [6.07, 6.45) is 1.52. The summed E-state index contributed by atoms with van der Waals surface area (Å²) < 4.78 is 10.6.